The van der Waals surface area contributed by atoms with Gasteiger partial charge in [0, 0.05) is 44.5 Å². The molecule has 7 nitrogen and oxygen atoms in total. The predicted octanol–water partition coefficient (Wildman–Crippen LogP) is 0.956. The van der Waals surface area contributed by atoms with E-state index in [1.54, 1.807) is 19.2 Å². The van der Waals surface area contributed by atoms with Gasteiger partial charge in [0.2, 0.25) is 5.82 Å². The third-order valence-electron chi connectivity index (χ3n) is 3.69. The number of hydrogen-bond donors (Lipinski definition) is 1. The second-order valence-electron chi connectivity index (χ2n) is 5.42. The Bertz CT molecular complexity index is 494. The van der Waals surface area contributed by atoms with Crippen molar-refractivity contribution < 1.29 is 4.92 Å². The minimum absolute atomic E-state index is 0.0387. The standard InChI is InChI=1S/C13H21N5O2/c1-10-6-12(18(19)20)13(14-7-10)15-8-11-9-16(2)4-5-17(11)3/h6-7,11H,4-5,8-9H2,1-3H3,(H,14,15). The molecule has 0 amide bonds. The van der Waals surface area contributed by atoms with E-state index in [0.717, 1.165) is 25.2 Å². The third kappa shape index (κ3) is 3.43. The molecule has 1 atom stereocenters. The van der Waals surface area contributed by atoms with Gasteiger partial charge in [-0.2, -0.15) is 0 Å². The Morgan fingerprint density at radius 1 is 1.50 bits per heavy atom. The Labute approximate surface area is 118 Å². The molecule has 7 heteroatoms. The summed E-state index contributed by atoms with van der Waals surface area (Å²) in [6, 6.07) is 1.88. The lowest BCUT2D eigenvalue weighted by Crippen LogP contribution is -2.52. The van der Waals surface area contributed by atoms with Crippen molar-refractivity contribution in [2.24, 2.45) is 0 Å². The summed E-state index contributed by atoms with van der Waals surface area (Å²) in [6.07, 6.45) is 1.64. The van der Waals surface area contributed by atoms with E-state index in [4.69, 9.17) is 0 Å². The fourth-order valence-corrected chi connectivity index (χ4v) is 2.37. The minimum Gasteiger partial charge on any atom is -0.363 e. The molecule has 0 aliphatic carbocycles. The van der Waals surface area contributed by atoms with E-state index in [9.17, 15) is 10.1 Å². The molecule has 1 fully saturated rings. The predicted molar refractivity (Wildman–Crippen MR) is 78.0 cm³/mol. The lowest BCUT2D eigenvalue weighted by Gasteiger charge is -2.37. The van der Waals surface area contributed by atoms with E-state index in [0.29, 0.717) is 18.4 Å². The van der Waals surface area contributed by atoms with Crippen LogP contribution in [0.25, 0.3) is 0 Å². The van der Waals surface area contributed by atoms with Crippen molar-refractivity contribution in [2.75, 3.05) is 45.6 Å². The number of hydrogen-bond acceptors (Lipinski definition) is 6. The van der Waals surface area contributed by atoms with Crippen molar-refractivity contribution in [3.63, 3.8) is 0 Å². The Kier molecular flexibility index (Phi) is 4.51. The molecule has 20 heavy (non-hydrogen) atoms. The lowest BCUT2D eigenvalue weighted by molar-refractivity contribution is -0.384. The van der Waals surface area contributed by atoms with Crippen LogP contribution in [0.4, 0.5) is 11.5 Å². The molecule has 0 radical (unpaired) electrons. The van der Waals surface area contributed by atoms with Crippen molar-refractivity contribution in [3.05, 3.63) is 27.9 Å². The number of nitrogens with zero attached hydrogens (tertiary/aromatic N) is 4. The highest BCUT2D eigenvalue weighted by atomic mass is 16.6. The first-order valence-corrected chi connectivity index (χ1v) is 6.71. The fourth-order valence-electron chi connectivity index (χ4n) is 2.37. The molecule has 1 saturated heterocycles. The van der Waals surface area contributed by atoms with Gasteiger partial charge in [-0.3, -0.25) is 15.0 Å². The van der Waals surface area contributed by atoms with Gasteiger partial charge in [-0.05, 0) is 26.6 Å². The highest BCUT2D eigenvalue weighted by Gasteiger charge is 2.23. The molecule has 1 unspecified atom stereocenters. The van der Waals surface area contributed by atoms with E-state index in [1.165, 1.54) is 0 Å². The summed E-state index contributed by atoms with van der Waals surface area (Å²) in [5.41, 5.74) is 0.827. The van der Waals surface area contributed by atoms with Crippen molar-refractivity contribution in [1.82, 2.24) is 14.8 Å². The normalized spacial score (nSPS) is 20.9. The number of nitrogens with one attached hydrogen (secondary N) is 1. The average molecular weight is 279 g/mol. The SMILES string of the molecule is Cc1cnc(NCC2CN(C)CCN2C)c([N+](=O)[O-])c1. The second kappa shape index (κ2) is 6.15. The maximum Gasteiger partial charge on any atom is 0.311 e. The summed E-state index contributed by atoms with van der Waals surface area (Å²) in [4.78, 5) is 19.3. The van der Waals surface area contributed by atoms with Gasteiger partial charge < -0.3 is 10.2 Å². The minimum atomic E-state index is -0.390. The van der Waals surface area contributed by atoms with Gasteiger partial charge in [-0.25, -0.2) is 4.98 Å². The first kappa shape index (κ1) is 14.7. The summed E-state index contributed by atoms with van der Waals surface area (Å²) in [7, 11) is 4.17. The molecular weight excluding hydrogens is 258 g/mol. The highest BCUT2D eigenvalue weighted by molar-refractivity contribution is 5.56. The fraction of sp³-hybridized carbons (Fsp3) is 0.615. The lowest BCUT2D eigenvalue weighted by atomic mass is 10.2. The van der Waals surface area contributed by atoms with E-state index in [2.05, 4.69) is 34.2 Å². The number of anilines is 1. The molecule has 1 N–H and O–H groups in total. The van der Waals surface area contributed by atoms with E-state index < -0.39 is 0 Å². The summed E-state index contributed by atoms with van der Waals surface area (Å²) < 4.78 is 0. The van der Waals surface area contributed by atoms with Gasteiger partial charge in [0.05, 0.1) is 4.92 Å². The van der Waals surface area contributed by atoms with Crippen molar-refractivity contribution in [3.8, 4) is 0 Å². The maximum absolute atomic E-state index is 11.0. The molecule has 1 aliphatic rings. The molecule has 1 aromatic heterocycles. The maximum atomic E-state index is 11.0. The van der Waals surface area contributed by atoms with Crippen LogP contribution in [0, 0.1) is 17.0 Å². The number of likely N-dealkylation sites (N-methyl/N-ethyl adjacent to an activating group) is 2. The van der Waals surface area contributed by atoms with Gasteiger partial charge in [0.15, 0.2) is 0 Å². The number of aryl methyl sites for hydroxylation is 1. The zero-order chi connectivity index (χ0) is 14.7. The van der Waals surface area contributed by atoms with Gasteiger partial charge in [0.1, 0.15) is 0 Å². The molecule has 110 valence electrons. The summed E-state index contributed by atoms with van der Waals surface area (Å²) >= 11 is 0. The number of piperazine rings is 1. The van der Waals surface area contributed by atoms with Crippen LogP contribution < -0.4 is 5.32 Å². The van der Waals surface area contributed by atoms with E-state index in [-0.39, 0.29) is 10.6 Å². The largest absolute Gasteiger partial charge is 0.363 e. The molecule has 0 aromatic carbocycles. The highest BCUT2D eigenvalue weighted by Crippen LogP contribution is 2.22. The van der Waals surface area contributed by atoms with Crippen LogP contribution in [-0.2, 0) is 0 Å². The molecular formula is C13H21N5O2. The quantitative estimate of drug-likeness (QED) is 0.653. The van der Waals surface area contributed by atoms with Crippen LogP contribution in [0.15, 0.2) is 12.3 Å². The van der Waals surface area contributed by atoms with Gasteiger partial charge in [-0.15, -0.1) is 0 Å². The van der Waals surface area contributed by atoms with Crippen molar-refractivity contribution in [1.29, 1.82) is 0 Å². The average Bonchev–Trinajstić information content (AvgIpc) is 2.40. The molecule has 2 heterocycles. The summed E-state index contributed by atoms with van der Waals surface area (Å²) in [5, 5.41) is 14.2. The van der Waals surface area contributed by atoms with Crippen molar-refractivity contribution >= 4 is 11.5 Å². The Balaban J connectivity index is 2.05. The van der Waals surface area contributed by atoms with Crippen LogP contribution in [-0.4, -0.2) is 66.0 Å². The smallest absolute Gasteiger partial charge is 0.311 e. The Morgan fingerprint density at radius 3 is 2.95 bits per heavy atom. The number of pyridine rings is 1. The van der Waals surface area contributed by atoms with Crippen LogP contribution >= 0.6 is 0 Å². The number of aromatic nitrogens is 1. The van der Waals surface area contributed by atoms with Crippen LogP contribution in [0.3, 0.4) is 0 Å². The number of nitro groups is 1. The Morgan fingerprint density at radius 2 is 2.25 bits per heavy atom. The third-order valence-corrected chi connectivity index (χ3v) is 3.69. The first-order chi connectivity index (χ1) is 9.47. The molecule has 0 saturated carbocycles. The number of rotatable bonds is 4. The summed E-state index contributed by atoms with van der Waals surface area (Å²) in [6.45, 7) is 5.46. The molecule has 1 aliphatic heterocycles. The monoisotopic (exact) mass is 279 g/mol. The molecule has 0 spiro atoms. The molecule has 1 aromatic rings. The Hall–Kier alpha value is -1.73. The molecule has 0 bridgehead atoms. The van der Waals surface area contributed by atoms with Crippen molar-refractivity contribution in [2.45, 2.75) is 13.0 Å². The second-order valence-corrected chi connectivity index (χ2v) is 5.42. The first-order valence-electron chi connectivity index (χ1n) is 6.71. The van der Waals surface area contributed by atoms with Crippen LogP contribution in [0.1, 0.15) is 5.56 Å². The van der Waals surface area contributed by atoms with Crippen LogP contribution in [0.5, 0.6) is 0 Å². The van der Waals surface area contributed by atoms with Gasteiger partial charge in [-0.1, -0.05) is 0 Å². The zero-order valence-electron chi connectivity index (χ0n) is 12.2. The van der Waals surface area contributed by atoms with E-state index >= 15 is 0 Å². The zero-order valence-corrected chi connectivity index (χ0v) is 12.2. The molecule has 2 rings (SSSR count). The van der Waals surface area contributed by atoms with Gasteiger partial charge >= 0.3 is 5.69 Å². The van der Waals surface area contributed by atoms with Gasteiger partial charge in [0.25, 0.3) is 0 Å². The van der Waals surface area contributed by atoms with E-state index in [1.807, 2.05) is 0 Å². The topological polar surface area (TPSA) is 74.5 Å². The van der Waals surface area contributed by atoms with Crippen LogP contribution in [0.2, 0.25) is 0 Å². The summed E-state index contributed by atoms with van der Waals surface area (Å²) in [5.74, 6) is 0.349.